The van der Waals surface area contributed by atoms with Gasteiger partial charge in [0.05, 0.1) is 24.4 Å². The Labute approximate surface area is 139 Å². The number of nitrogens with one attached hydrogen (secondary N) is 1. The van der Waals surface area contributed by atoms with E-state index < -0.39 is 5.41 Å². The molecule has 7 heteroatoms. The number of benzene rings is 1. The summed E-state index contributed by atoms with van der Waals surface area (Å²) in [6, 6.07) is 7.85. The molecule has 2 aliphatic heterocycles. The van der Waals surface area contributed by atoms with Crippen LogP contribution in [0.1, 0.15) is 12.0 Å². The van der Waals surface area contributed by atoms with Gasteiger partial charge in [-0.25, -0.2) is 0 Å². The monoisotopic (exact) mass is 326 g/mol. The first-order valence-corrected chi connectivity index (χ1v) is 7.94. The molecule has 4 rings (SSSR count). The van der Waals surface area contributed by atoms with E-state index in [9.17, 15) is 4.79 Å². The van der Waals surface area contributed by atoms with E-state index in [1.807, 2.05) is 24.3 Å². The van der Waals surface area contributed by atoms with Crippen molar-refractivity contribution in [1.82, 2.24) is 9.97 Å². The first-order chi connectivity index (χ1) is 11.7. The maximum absolute atomic E-state index is 12.6. The Balaban J connectivity index is 1.60. The Morgan fingerprint density at radius 2 is 2.21 bits per heavy atom. The maximum Gasteiger partial charge on any atom is 0.236 e. The van der Waals surface area contributed by atoms with Crippen LogP contribution in [0.4, 0.5) is 11.5 Å². The summed E-state index contributed by atoms with van der Waals surface area (Å²) in [6.07, 6.45) is 3.92. The molecule has 2 N–H and O–H groups in total. The minimum absolute atomic E-state index is 0.0480. The molecule has 1 atom stereocenters. The molecule has 7 nitrogen and oxygen atoms in total. The number of carbonyl (C=O) groups excluding carboxylic acids is 1. The lowest BCUT2D eigenvalue weighted by atomic mass is 9.81. The highest BCUT2D eigenvalue weighted by Gasteiger charge is 2.51. The first-order valence-electron chi connectivity index (χ1n) is 7.94. The minimum Gasteiger partial charge on any atom is -0.474 e. The van der Waals surface area contributed by atoms with Gasteiger partial charge in [0.1, 0.15) is 6.61 Å². The summed E-state index contributed by atoms with van der Waals surface area (Å²) in [4.78, 5) is 23.2. The summed E-state index contributed by atoms with van der Waals surface area (Å²) in [7, 11) is 0. The minimum atomic E-state index is -0.528. The second-order valence-electron chi connectivity index (χ2n) is 6.04. The van der Waals surface area contributed by atoms with Crippen molar-refractivity contribution in [3.05, 3.63) is 42.2 Å². The van der Waals surface area contributed by atoms with Gasteiger partial charge in [-0.05, 0) is 18.1 Å². The second kappa shape index (κ2) is 5.76. The Hall–Kier alpha value is -2.67. The molecule has 1 aromatic carbocycles. The fourth-order valence-electron chi connectivity index (χ4n) is 3.49. The van der Waals surface area contributed by atoms with Gasteiger partial charge in [-0.1, -0.05) is 18.2 Å². The Morgan fingerprint density at radius 3 is 3.08 bits per heavy atom. The summed E-state index contributed by atoms with van der Waals surface area (Å²) in [6.45, 7) is 1.39. The molecule has 0 saturated carbocycles. The second-order valence-corrected chi connectivity index (χ2v) is 6.04. The molecule has 1 amide bonds. The molecule has 1 saturated heterocycles. The largest absolute Gasteiger partial charge is 0.474 e. The van der Waals surface area contributed by atoms with E-state index in [-0.39, 0.29) is 19.1 Å². The van der Waals surface area contributed by atoms with Crippen LogP contribution in [-0.2, 0) is 10.2 Å². The molecular weight excluding hydrogens is 308 g/mol. The van der Waals surface area contributed by atoms with E-state index in [0.29, 0.717) is 18.2 Å². The van der Waals surface area contributed by atoms with Gasteiger partial charge in [0, 0.05) is 18.8 Å². The van der Waals surface area contributed by atoms with Crippen LogP contribution in [0.25, 0.3) is 0 Å². The number of amides is 1. The van der Waals surface area contributed by atoms with Crippen molar-refractivity contribution in [3.8, 4) is 5.88 Å². The normalized spacial score (nSPS) is 21.9. The zero-order chi connectivity index (χ0) is 16.6. The number of hydrogen-bond donors (Lipinski definition) is 2. The molecule has 1 aromatic heterocycles. The third-order valence-corrected chi connectivity index (χ3v) is 4.66. The van der Waals surface area contributed by atoms with E-state index in [4.69, 9.17) is 9.84 Å². The van der Waals surface area contributed by atoms with Gasteiger partial charge in [-0.15, -0.1) is 0 Å². The maximum atomic E-state index is 12.6. The topological polar surface area (TPSA) is 87.6 Å². The summed E-state index contributed by atoms with van der Waals surface area (Å²) in [5.74, 6) is 1.10. The number of rotatable bonds is 4. The highest BCUT2D eigenvalue weighted by molar-refractivity contribution is 6.07. The zero-order valence-corrected chi connectivity index (χ0v) is 13.1. The lowest BCUT2D eigenvalue weighted by molar-refractivity contribution is -0.120. The Morgan fingerprint density at radius 1 is 1.33 bits per heavy atom. The third-order valence-electron chi connectivity index (χ3n) is 4.66. The number of aliphatic hydroxyl groups excluding tert-OH is 1. The molecule has 0 radical (unpaired) electrons. The molecule has 24 heavy (non-hydrogen) atoms. The van der Waals surface area contributed by atoms with Crippen molar-refractivity contribution < 1.29 is 14.6 Å². The standard InChI is InChI=1S/C17H18N4O3/c22-7-8-24-15-10-18-9-14(20-15)21-6-5-17(11-21)12-3-1-2-4-13(12)19-16(17)23/h1-4,9-10,22H,5-8,11H2,(H,19,23). The van der Waals surface area contributed by atoms with E-state index >= 15 is 0 Å². The molecule has 0 aliphatic carbocycles. The number of ether oxygens (including phenoxy) is 1. The lowest BCUT2D eigenvalue weighted by Gasteiger charge is -2.23. The zero-order valence-electron chi connectivity index (χ0n) is 13.1. The number of para-hydroxylation sites is 1. The number of fused-ring (bicyclic) bond motifs is 2. The quantitative estimate of drug-likeness (QED) is 0.870. The Bertz CT molecular complexity index is 782. The van der Waals surface area contributed by atoms with Crippen LogP contribution < -0.4 is 15.0 Å². The summed E-state index contributed by atoms with van der Waals surface area (Å²) < 4.78 is 5.32. The van der Waals surface area contributed by atoms with Crippen molar-refractivity contribution in [2.24, 2.45) is 0 Å². The van der Waals surface area contributed by atoms with Gasteiger partial charge in [0.2, 0.25) is 11.8 Å². The fraction of sp³-hybridized carbons (Fsp3) is 0.353. The van der Waals surface area contributed by atoms with Crippen LogP contribution in [0.2, 0.25) is 0 Å². The molecule has 1 spiro atoms. The first kappa shape index (κ1) is 14.9. The van der Waals surface area contributed by atoms with Gasteiger partial charge in [0.25, 0.3) is 0 Å². The predicted octanol–water partition coefficient (Wildman–Crippen LogP) is 0.948. The third kappa shape index (κ3) is 2.28. The number of anilines is 2. The molecule has 1 unspecified atom stereocenters. The molecular formula is C17H18N4O3. The van der Waals surface area contributed by atoms with E-state index in [1.165, 1.54) is 6.20 Å². The SMILES string of the molecule is O=C1Nc2ccccc2C12CCN(c1cncc(OCCO)n1)C2. The molecule has 2 aliphatic rings. The van der Waals surface area contributed by atoms with Gasteiger partial charge in [0.15, 0.2) is 5.82 Å². The highest BCUT2D eigenvalue weighted by atomic mass is 16.5. The van der Waals surface area contributed by atoms with Gasteiger partial charge < -0.3 is 20.1 Å². The van der Waals surface area contributed by atoms with Crippen LogP contribution in [0, 0.1) is 0 Å². The van der Waals surface area contributed by atoms with Gasteiger partial charge in [-0.2, -0.15) is 4.98 Å². The molecule has 0 bridgehead atoms. The molecule has 2 aromatic rings. The highest BCUT2D eigenvalue weighted by Crippen LogP contribution is 2.44. The van der Waals surface area contributed by atoms with Crippen molar-refractivity contribution in [1.29, 1.82) is 0 Å². The van der Waals surface area contributed by atoms with Crippen molar-refractivity contribution in [2.45, 2.75) is 11.8 Å². The van der Waals surface area contributed by atoms with Crippen LogP contribution in [0.15, 0.2) is 36.7 Å². The van der Waals surface area contributed by atoms with Crippen LogP contribution in [0.3, 0.4) is 0 Å². The summed E-state index contributed by atoms with van der Waals surface area (Å²) in [5.41, 5.74) is 1.42. The van der Waals surface area contributed by atoms with Gasteiger partial charge >= 0.3 is 0 Å². The molecule has 3 heterocycles. The smallest absolute Gasteiger partial charge is 0.236 e. The van der Waals surface area contributed by atoms with Gasteiger partial charge in [-0.3, -0.25) is 9.78 Å². The van der Waals surface area contributed by atoms with E-state index in [2.05, 4.69) is 20.2 Å². The number of nitrogens with zero attached hydrogens (tertiary/aromatic N) is 3. The summed E-state index contributed by atoms with van der Waals surface area (Å²) >= 11 is 0. The lowest BCUT2D eigenvalue weighted by Crippen LogP contribution is -2.37. The average Bonchev–Trinajstić information content (AvgIpc) is 3.18. The fourth-order valence-corrected chi connectivity index (χ4v) is 3.49. The van der Waals surface area contributed by atoms with Crippen LogP contribution in [-0.4, -0.2) is 47.3 Å². The van der Waals surface area contributed by atoms with Crippen LogP contribution in [0.5, 0.6) is 5.88 Å². The summed E-state index contributed by atoms with van der Waals surface area (Å²) in [5, 5.41) is 11.8. The van der Waals surface area contributed by atoms with E-state index in [1.54, 1.807) is 6.20 Å². The van der Waals surface area contributed by atoms with Crippen LogP contribution >= 0.6 is 0 Å². The van der Waals surface area contributed by atoms with Crippen molar-refractivity contribution >= 4 is 17.4 Å². The number of carbonyl (C=O) groups is 1. The molecule has 1 fully saturated rings. The van der Waals surface area contributed by atoms with Crippen molar-refractivity contribution in [3.63, 3.8) is 0 Å². The number of hydrogen-bond acceptors (Lipinski definition) is 6. The molecule has 124 valence electrons. The number of aliphatic hydroxyl groups is 1. The predicted molar refractivity (Wildman–Crippen MR) is 88.2 cm³/mol. The van der Waals surface area contributed by atoms with E-state index in [0.717, 1.165) is 24.2 Å². The average molecular weight is 326 g/mol. The Kier molecular flexibility index (Phi) is 3.57. The number of aromatic nitrogens is 2. The van der Waals surface area contributed by atoms with Crippen molar-refractivity contribution in [2.75, 3.05) is 36.5 Å².